The summed E-state index contributed by atoms with van der Waals surface area (Å²) in [6, 6.07) is 16.0. The summed E-state index contributed by atoms with van der Waals surface area (Å²) >= 11 is 0. The molecular weight excluding hydrogens is 274 g/mol. The summed E-state index contributed by atoms with van der Waals surface area (Å²) in [7, 11) is 0. The molecule has 2 rings (SSSR count). The molecule has 2 aromatic rings. The molecule has 0 bridgehead atoms. The highest BCUT2D eigenvalue weighted by molar-refractivity contribution is 5.78. The van der Waals surface area contributed by atoms with Crippen LogP contribution in [0.15, 0.2) is 48.5 Å². The topological polar surface area (TPSA) is 38.3 Å². The quantitative estimate of drug-likeness (QED) is 0.849. The lowest BCUT2D eigenvalue weighted by Crippen LogP contribution is -2.24. The fraction of sp³-hybridized carbons (Fsp3) is 0.316. The number of benzene rings is 2. The molecule has 0 unspecified atom stereocenters. The summed E-state index contributed by atoms with van der Waals surface area (Å²) in [5.74, 6) is 0.871. The molecule has 0 aliphatic heterocycles. The Morgan fingerprint density at radius 3 is 2.41 bits per heavy atom. The Morgan fingerprint density at radius 2 is 1.73 bits per heavy atom. The molecule has 3 nitrogen and oxygen atoms in total. The molecule has 1 amide bonds. The van der Waals surface area contributed by atoms with Gasteiger partial charge in [-0.1, -0.05) is 43.3 Å². The van der Waals surface area contributed by atoms with E-state index in [0.29, 0.717) is 19.6 Å². The molecule has 0 aromatic heterocycles. The number of amides is 1. The zero-order valence-corrected chi connectivity index (χ0v) is 13.3. The van der Waals surface area contributed by atoms with E-state index < -0.39 is 0 Å². The zero-order chi connectivity index (χ0) is 15.8. The largest absolute Gasteiger partial charge is 0.494 e. The summed E-state index contributed by atoms with van der Waals surface area (Å²) in [5.41, 5.74) is 3.37. The van der Waals surface area contributed by atoms with Crippen molar-refractivity contribution in [1.82, 2.24) is 5.32 Å². The Morgan fingerprint density at radius 1 is 1.00 bits per heavy atom. The number of rotatable bonds is 7. The summed E-state index contributed by atoms with van der Waals surface area (Å²) in [6.07, 6.45) is 1.43. The molecule has 0 aliphatic carbocycles. The highest BCUT2D eigenvalue weighted by Gasteiger charge is 2.04. The highest BCUT2D eigenvalue weighted by Crippen LogP contribution is 2.13. The van der Waals surface area contributed by atoms with Gasteiger partial charge in [-0.2, -0.15) is 0 Å². The molecule has 0 saturated carbocycles. The van der Waals surface area contributed by atoms with E-state index in [1.165, 1.54) is 5.56 Å². The van der Waals surface area contributed by atoms with Crippen LogP contribution in [0.2, 0.25) is 0 Å². The van der Waals surface area contributed by atoms with Crippen LogP contribution < -0.4 is 10.1 Å². The van der Waals surface area contributed by atoms with Gasteiger partial charge in [-0.05, 0) is 42.2 Å². The standard InChI is InChI=1S/C19H23NO2/c1-3-15-8-10-16(11-9-15)13-19(21)20-14-17-6-5-7-18(12-17)22-4-2/h5-12H,3-4,13-14H2,1-2H3,(H,20,21). The molecule has 0 fully saturated rings. The maximum Gasteiger partial charge on any atom is 0.224 e. The van der Waals surface area contributed by atoms with E-state index in [4.69, 9.17) is 4.74 Å². The Labute approximate surface area is 132 Å². The molecular formula is C19H23NO2. The minimum Gasteiger partial charge on any atom is -0.494 e. The molecule has 0 saturated heterocycles. The van der Waals surface area contributed by atoms with Gasteiger partial charge in [0.15, 0.2) is 0 Å². The fourth-order valence-electron chi connectivity index (χ4n) is 2.25. The van der Waals surface area contributed by atoms with Crippen LogP contribution in [0.5, 0.6) is 5.75 Å². The van der Waals surface area contributed by atoms with Gasteiger partial charge in [0, 0.05) is 6.54 Å². The van der Waals surface area contributed by atoms with Crippen LogP contribution >= 0.6 is 0 Å². The van der Waals surface area contributed by atoms with E-state index in [-0.39, 0.29) is 5.91 Å². The summed E-state index contributed by atoms with van der Waals surface area (Å²) in [6.45, 7) is 5.24. The number of carbonyl (C=O) groups excluding carboxylic acids is 1. The Bertz CT molecular complexity index is 605. The van der Waals surface area contributed by atoms with Crippen LogP contribution in [0.25, 0.3) is 0 Å². The molecule has 0 atom stereocenters. The van der Waals surface area contributed by atoms with E-state index in [1.54, 1.807) is 0 Å². The van der Waals surface area contributed by atoms with E-state index in [9.17, 15) is 4.79 Å². The van der Waals surface area contributed by atoms with Gasteiger partial charge in [-0.15, -0.1) is 0 Å². The minimum absolute atomic E-state index is 0.0334. The van der Waals surface area contributed by atoms with Crippen molar-refractivity contribution in [2.24, 2.45) is 0 Å². The fourth-order valence-corrected chi connectivity index (χ4v) is 2.25. The lowest BCUT2D eigenvalue weighted by molar-refractivity contribution is -0.120. The summed E-state index contributed by atoms with van der Waals surface area (Å²) in [4.78, 5) is 12.0. The number of nitrogens with one attached hydrogen (secondary N) is 1. The number of hydrogen-bond acceptors (Lipinski definition) is 2. The molecule has 0 heterocycles. The van der Waals surface area contributed by atoms with Gasteiger partial charge in [0.05, 0.1) is 13.0 Å². The monoisotopic (exact) mass is 297 g/mol. The third kappa shape index (κ3) is 4.92. The van der Waals surface area contributed by atoms with Crippen molar-refractivity contribution in [3.8, 4) is 5.75 Å². The van der Waals surface area contributed by atoms with E-state index in [0.717, 1.165) is 23.3 Å². The van der Waals surface area contributed by atoms with Gasteiger partial charge in [-0.25, -0.2) is 0 Å². The molecule has 3 heteroatoms. The van der Waals surface area contributed by atoms with Crippen molar-refractivity contribution < 1.29 is 9.53 Å². The second kappa shape index (κ2) is 8.23. The van der Waals surface area contributed by atoms with Crippen LogP contribution in [0.3, 0.4) is 0 Å². The molecule has 0 radical (unpaired) electrons. The number of hydrogen-bond donors (Lipinski definition) is 1. The Balaban J connectivity index is 1.85. The van der Waals surface area contributed by atoms with Crippen molar-refractivity contribution in [3.63, 3.8) is 0 Å². The van der Waals surface area contributed by atoms with Crippen molar-refractivity contribution in [2.75, 3.05) is 6.61 Å². The minimum atomic E-state index is 0.0334. The zero-order valence-electron chi connectivity index (χ0n) is 13.3. The van der Waals surface area contributed by atoms with Gasteiger partial charge in [-0.3, -0.25) is 4.79 Å². The van der Waals surface area contributed by atoms with Crippen molar-refractivity contribution in [3.05, 3.63) is 65.2 Å². The Hall–Kier alpha value is -2.29. The second-order valence-electron chi connectivity index (χ2n) is 5.20. The van der Waals surface area contributed by atoms with Crippen LogP contribution in [-0.2, 0) is 24.2 Å². The second-order valence-corrected chi connectivity index (χ2v) is 5.20. The first-order valence-corrected chi connectivity index (χ1v) is 7.77. The highest BCUT2D eigenvalue weighted by atomic mass is 16.5. The van der Waals surface area contributed by atoms with E-state index in [2.05, 4.69) is 24.4 Å². The number of carbonyl (C=O) groups is 1. The maximum atomic E-state index is 12.0. The summed E-state index contributed by atoms with van der Waals surface area (Å²) in [5, 5.41) is 2.95. The first-order chi connectivity index (χ1) is 10.7. The van der Waals surface area contributed by atoms with Crippen LogP contribution in [0, 0.1) is 0 Å². The maximum absolute atomic E-state index is 12.0. The first-order valence-electron chi connectivity index (χ1n) is 7.77. The Kier molecular flexibility index (Phi) is 6.01. The number of ether oxygens (including phenoxy) is 1. The van der Waals surface area contributed by atoms with Crippen LogP contribution in [-0.4, -0.2) is 12.5 Å². The average molecular weight is 297 g/mol. The molecule has 0 spiro atoms. The van der Waals surface area contributed by atoms with E-state index in [1.807, 2.05) is 43.3 Å². The lowest BCUT2D eigenvalue weighted by Gasteiger charge is -2.08. The van der Waals surface area contributed by atoms with E-state index >= 15 is 0 Å². The molecule has 2 aromatic carbocycles. The van der Waals surface area contributed by atoms with Crippen LogP contribution in [0.1, 0.15) is 30.5 Å². The van der Waals surface area contributed by atoms with Gasteiger partial charge >= 0.3 is 0 Å². The summed E-state index contributed by atoms with van der Waals surface area (Å²) < 4.78 is 5.46. The van der Waals surface area contributed by atoms with Gasteiger partial charge in [0.1, 0.15) is 5.75 Å². The third-order valence-corrected chi connectivity index (χ3v) is 3.50. The predicted octanol–water partition coefficient (Wildman–Crippen LogP) is 3.51. The predicted molar refractivity (Wildman–Crippen MR) is 89.0 cm³/mol. The normalized spacial score (nSPS) is 10.3. The molecule has 116 valence electrons. The lowest BCUT2D eigenvalue weighted by atomic mass is 10.1. The molecule has 0 aliphatic rings. The molecule has 22 heavy (non-hydrogen) atoms. The number of aryl methyl sites for hydroxylation is 1. The van der Waals surface area contributed by atoms with Crippen molar-refractivity contribution >= 4 is 5.91 Å². The third-order valence-electron chi connectivity index (χ3n) is 3.50. The van der Waals surface area contributed by atoms with Crippen molar-refractivity contribution in [1.29, 1.82) is 0 Å². The van der Waals surface area contributed by atoms with Crippen LogP contribution in [0.4, 0.5) is 0 Å². The average Bonchev–Trinajstić information content (AvgIpc) is 2.54. The SMILES string of the molecule is CCOc1cccc(CNC(=O)Cc2ccc(CC)cc2)c1. The first kappa shape index (κ1) is 16.1. The van der Waals surface area contributed by atoms with Gasteiger partial charge in [0.25, 0.3) is 0 Å². The van der Waals surface area contributed by atoms with Crippen molar-refractivity contribution in [2.45, 2.75) is 33.2 Å². The smallest absolute Gasteiger partial charge is 0.224 e. The molecule has 1 N–H and O–H groups in total. The van der Waals surface area contributed by atoms with Gasteiger partial charge < -0.3 is 10.1 Å². The van der Waals surface area contributed by atoms with Gasteiger partial charge in [0.2, 0.25) is 5.91 Å².